The van der Waals surface area contributed by atoms with Gasteiger partial charge in [0.2, 0.25) is 0 Å². The van der Waals surface area contributed by atoms with E-state index in [4.69, 9.17) is 0 Å². The van der Waals surface area contributed by atoms with Crippen molar-refractivity contribution in [2.45, 2.75) is 19.4 Å². The molecule has 0 unspecified atom stereocenters. The number of hydrogen-bond acceptors (Lipinski definition) is 2. The predicted octanol–water partition coefficient (Wildman–Crippen LogP) is 3.15. The molecule has 0 aliphatic carbocycles. The Labute approximate surface area is 125 Å². The van der Waals surface area contributed by atoms with Crippen LogP contribution in [-0.4, -0.2) is 20.1 Å². The van der Waals surface area contributed by atoms with E-state index in [0.717, 1.165) is 38.0 Å². The molecular formula is C18H21FN2. The van der Waals surface area contributed by atoms with Crippen molar-refractivity contribution < 1.29 is 4.39 Å². The van der Waals surface area contributed by atoms with Crippen molar-refractivity contribution in [3.63, 3.8) is 0 Å². The molecule has 0 bridgehead atoms. The third-order valence-corrected chi connectivity index (χ3v) is 4.08. The maximum atomic E-state index is 13.1. The molecule has 2 aromatic rings. The first-order chi connectivity index (χ1) is 10.2. The van der Waals surface area contributed by atoms with Crippen molar-refractivity contribution in [1.82, 2.24) is 5.32 Å². The van der Waals surface area contributed by atoms with E-state index in [-0.39, 0.29) is 5.82 Å². The van der Waals surface area contributed by atoms with E-state index < -0.39 is 0 Å². The Hall–Kier alpha value is -1.87. The fraction of sp³-hybridized carbons (Fsp3) is 0.333. The van der Waals surface area contributed by atoms with Crippen molar-refractivity contribution in [1.29, 1.82) is 0 Å². The lowest BCUT2D eigenvalue weighted by Gasteiger charge is -2.12. The molecule has 2 aromatic carbocycles. The molecular weight excluding hydrogens is 263 g/mol. The number of fused-ring (bicyclic) bond motifs is 1. The van der Waals surface area contributed by atoms with Gasteiger partial charge in [-0.2, -0.15) is 0 Å². The van der Waals surface area contributed by atoms with E-state index >= 15 is 0 Å². The van der Waals surface area contributed by atoms with Gasteiger partial charge in [-0.05, 0) is 54.3 Å². The van der Waals surface area contributed by atoms with Crippen molar-refractivity contribution in [3.8, 4) is 0 Å². The highest BCUT2D eigenvalue weighted by molar-refractivity contribution is 5.58. The minimum absolute atomic E-state index is 0.157. The molecule has 1 heterocycles. The van der Waals surface area contributed by atoms with E-state index in [1.54, 1.807) is 12.1 Å². The topological polar surface area (TPSA) is 15.3 Å². The number of nitrogens with one attached hydrogen (secondary N) is 1. The summed E-state index contributed by atoms with van der Waals surface area (Å²) < 4.78 is 13.1. The Morgan fingerprint density at radius 1 is 1.14 bits per heavy atom. The summed E-state index contributed by atoms with van der Waals surface area (Å²) in [6.45, 7) is 2.85. The second-order valence-corrected chi connectivity index (χ2v) is 5.69. The Kier molecular flexibility index (Phi) is 4.20. The normalized spacial score (nSPS) is 13.5. The predicted molar refractivity (Wildman–Crippen MR) is 85.2 cm³/mol. The van der Waals surface area contributed by atoms with E-state index in [1.165, 1.54) is 22.9 Å². The second-order valence-electron chi connectivity index (χ2n) is 5.69. The zero-order valence-electron chi connectivity index (χ0n) is 12.4. The largest absolute Gasteiger partial charge is 0.374 e. The monoisotopic (exact) mass is 284 g/mol. The van der Waals surface area contributed by atoms with Crippen LogP contribution in [-0.2, 0) is 19.4 Å². The SMILES string of the molecule is CN1CCc2cc(CNCCc3cccc(F)c3)ccc21. The van der Waals surface area contributed by atoms with Crippen LogP contribution in [0.3, 0.4) is 0 Å². The number of nitrogens with zero attached hydrogens (tertiary/aromatic N) is 1. The van der Waals surface area contributed by atoms with Gasteiger partial charge < -0.3 is 10.2 Å². The molecule has 1 aliphatic heterocycles. The van der Waals surface area contributed by atoms with Gasteiger partial charge in [-0.15, -0.1) is 0 Å². The van der Waals surface area contributed by atoms with Crippen LogP contribution in [0.1, 0.15) is 16.7 Å². The summed E-state index contributed by atoms with van der Waals surface area (Å²) in [7, 11) is 2.14. The maximum absolute atomic E-state index is 13.1. The van der Waals surface area contributed by atoms with Gasteiger partial charge >= 0.3 is 0 Å². The zero-order valence-corrected chi connectivity index (χ0v) is 12.4. The zero-order chi connectivity index (χ0) is 14.7. The van der Waals surface area contributed by atoms with E-state index in [1.807, 2.05) is 6.07 Å². The number of likely N-dealkylation sites (N-methyl/N-ethyl adjacent to an activating group) is 1. The number of rotatable bonds is 5. The highest BCUT2D eigenvalue weighted by atomic mass is 19.1. The van der Waals surface area contributed by atoms with Gasteiger partial charge in [0, 0.05) is 25.8 Å². The lowest BCUT2D eigenvalue weighted by atomic mass is 10.1. The van der Waals surface area contributed by atoms with Crippen molar-refractivity contribution in [2.75, 3.05) is 25.0 Å². The van der Waals surface area contributed by atoms with Gasteiger partial charge in [-0.1, -0.05) is 24.3 Å². The van der Waals surface area contributed by atoms with Gasteiger partial charge in [-0.3, -0.25) is 0 Å². The number of anilines is 1. The number of halogens is 1. The number of benzene rings is 2. The van der Waals surface area contributed by atoms with Crippen LogP contribution in [0.2, 0.25) is 0 Å². The van der Waals surface area contributed by atoms with Crippen molar-refractivity contribution in [2.24, 2.45) is 0 Å². The standard InChI is InChI=1S/C18H21FN2/c1-21-10-8-16-11-15(5-6-18(16)21)13-20-9-7-14-3-2-4-17(19)12-14/h2-6,11-12,20H,7-10,13H2,1H3. The molecule has 1 N–H and O–H groups in total. The van der Waals surface area contributed by atoms with Crippen LogP contribution in [0.4, 0.5) is 10.1 Å². The van der Waals surface area contributed by atoms with Crippen LogP contribution >= 0.6 is 0 Å². The summed E-state index contributed by atoms with van der Waals surface area (Å²) in [6, 6.07) is 13.5. The van der Waals surface area contributed by atoms with Crippen molar-refractivity contribution >= 4 is 5.69 Å². The van der Waals surface area contributed by atoms with Gasteiger partial charge in [0.15, 0.2) is 0 Å². The molecule has 0 saturated carbocycles. The quantitative estimate of drug-likeness (QED) is 0.849. The molecule has 0 spiro atoms. The molecule has 2 nitrogen and oxygen atoms in total. The third-order valence-electron chi connectivity index (χ3n) is 4.08. The molecule has 1 aliphatic rings. The first-order valence-corrected chi connectivity index (χ1v) is 7.50. The third kappa shape index (κ3) is 3.42. The molecule has 3 rings (SSSR count). The minimum Gasteiger partial charge on any atom is -0.374 e. The Bertz CT molecular complexity index is 624. The Morgan fingerprint density at radius 2 is 2.05 bits per heavy atom. The highest BCUT2D eigenvalue weighted by Gasteiger charge is 2.15. The van der Waals surface area contributed by atoms with E-state index in [9.17, 15) is 4.39 Å². The van der Waals surface area contributed by atoms with Crippen molar-refractivity contribution in [3.05, 3.63) is 65.0 Å². The smallest absolute Gasteiger partial charge is 0.123 e. The molecule has 0 fully saturated rings. The molecule has 0 radical (unpaired) electrons. The molecule has 0 atom stereocenters. The first-order valence-electron chi connectivity index (χ1n) is 7.50. The summed E-state index contributed by atoms with van der Waals surface area (Å²) in [4.78, 5) is 2.30. The van der Waals surface area contributed by atoms with Crippen LogP contribution in [0.15, 0.2) is 42.5 Å². The molecule has 0 saturated heterocycles. The highest BCUT2D eigenvalue weighted by Crippen LogP contribution is 2.27. The number of hydrogen-bond donors (Lipinski definition) is 1. The molecule has 0 aromatic heterocycles. The average molecular weight is 284 g/mol. The first kappa shape index (κ1) is 14.1. The fourth-order valence-corrected chi connectivity index (χ4v) is 2.89. The second kappa shape index (κ2) is 6.27. The van der Waals surface area contributed by atoms with Crippen LogP contribution < -0.4 is 10.2 Å². The van der Waals surface area contributed by atoms with Crippen LogP contribution in [0, 0.1) is 5.82 Å². The minimum atomic E-state index is -0.157. The summed E-state index contributed by atoms with van der Waals surface area (Å²) >= 11 is 0. The Morgan fingerprint density at radius 3 is 2.90 bits per heavy atom. The van der Waals surface area contributed by atoms with Gasteiger partial charge in [0.1, 0.15) is 5.82 Å². The lowest BCUT2D eigenvalue weighted by Crippen LogP contribution is -2.17. The summed E-state index contributed by atoms with van der Waals surface area (Å²) in [5, 5.41) is 3.44. The van der Waals surface area contributed by atoms with Gasteiger partial charge in [-0.25, -0.2) is 4.39 Å². The molecule has 0 amide bonds. The van der Waals surface area contributed by atoms with E-state index in [0.29, 0.717) is 0 Å². The van der Waals surface area contributed by atoms with Gasteiger partial charge in [0.05, 0.1) is 0 Å². The van der Waals surface area contributed by atoms with Crippen LogP contribution in [0.25, 0.3) is 0 Å². The molecule has 3 heteroatoms. The molecule has 110 valence electrons. The summed E-state index contributed by atoms with van der Waals surface area (Å²) in [5.74, 6) is -0.157. The summed E-state index contributed by atoms with van der Waals surface area (Å²) in [5.41, 5.74) is 5.17. The lowest BCUT2D eigenvalue weighted by molar-refractivity contribution is 0.622. The van der Waals surface area contributed by atoms with Gasteiger partial charge in [0.25, 0.3) is 0 Å². The average Bonchev–Trinajstić information content (AvgIpc) is 2.85. The molecule has 21 heavy (non-hydrogen) atoms. The fourth-order valence-electron chi connectivity index (χ4n) is 2.89. The van der Waals surface area contributed by atoms with Crippen LogP contribution in [0.5, 0.6) is 0 Å². The maximum Gasteiger partial charge on any atom is 0.123 e. The summed E-state index contributed by atoms with van der Waals surface area (Å²) in [6.07, 6.45) is 1.99. The Balaban J connectivity index is 1.50. The van der Waals surface area contributed by atoms with E-state index in [2.05, 4.69) is 35.5 Å².